The zero-order valence-corrected chi connectivity index (χ0v) is 10.2. The van der Waals surface area contributed by atoms with Crippen molar-refractivity contribution in [1.82, 2.24) is 15.1 Å². The van der Waals surface area contributed by atoms with Gasteiger partial charge >= 0.3 is 0 Å². The molecule has 0 amide bonds. The number of hydrogen-bond donors (Lipinski definition) is 1. The predicted molar refractivity (Wildman–Crippen MR) is 60.0 cm³/mol. The van der Waals surface area contributed by atoms with Crippen LogP contribution >= 0.6 is 11.3 Å². The lowest BCUT2D eigenvalue weighted by Crippen LogP contribution is -2.15. The van der Waals surface area contributed by atoms with E-state index >= 15 is 0 Å². The van der Waals surface area contributed by atoms with E-state index in [1.807, 2.05) is 12.3 Å². The number of nitrogens with zero attached hydrogens (tertiary/aromatic N) is 3. The van der Waals surface area contributed by atoms with Crippen LogP contribution in [0.4, 0.5) is 0 Å². The maximum Gasteiger partial charge on any atom is 0.258 e. The highest BCUT2D eigenvalue weighted by Gasteiger charge is 2.25. The lowest BCUT2D eigenvalue weighted by molar-refractivity contribution is 0.0420. The summed E-state index contributed by atoms with van der Waals surface area (Å²) in [7, 11) is 0. The van der Waals surface area contributed by atoms with Crippen molar-refractivity contribution in [3.05, 3.63) is 17.0 Å². The number of thiazole rings is 1. The minimum Gasteiger partial charge on any atom is -0.381 e. The van der Waals surface area contributed by atoms with E-state index in [0.29, 0.717) is 5.82 Å². The summed E-state index contributed by atoms with van der Waals surface area (Å²) in [5.74, 6) is 0.637. The van der Waals surface area contributed by atoms with E-state index in [4.69, 9.17) is 4.52 Å². The summed E-state index contributed by atoms with van der Waals surface area (Å²) in [6.07, 6.45) is 0.882. The topological polar surface area (TPSA) is 72.0 Å². The molecule has 86 valence electrons. The van der Waals surface area contributed by atoms with E-state index < -0.39 is 5.60 Å². The van der Waals surface area contributed by atoms with Gasteiger partial charge in [0.25, 0.3) is 5.89 Å². The van der Waals surface area contributed by atoms with Gasteiger partial charge in [0.1, 0.15) is 5.60 Å². The minimum atomic E-state index is -1.11. The predicted octanol–water partition coefficient (Wildman–Crippen LogP) is 1.98. The molecular formula is C10H13N3O2S. The smallest absolute Gasteiger partial charge is 0.258 e. The molecule has 16 heavy (non-hydrogen) atoms. The monoisotopic (exact) mass is 239 g/mol. The molecule has 1 N–H and O–H groups in total. The molecule has 0 bridgehead atoms. The summed E-state index contributed by atoms with van der Waals surface area (Å²) < 4.78 is 4.98. The summed E-state index contributed by atoms with van der Waals surface area (Å²) in [5.41, 5.74) is -0.106. The molecule has 5 nitrogen and oxygen atoms in total. The van der Waals surface area contributed by atoms with Crippen LogP contribution in [0.15, 0.2) is 9.90 Å². The Morgan fingerprint density at radius 3 is 2.69 bits per heavy atom. The van der Waals surface area contributed by atoms with Crippen LogP contribution in [0.2, 0.25) is 0 Å². The first-order valence-electron chi connectivity index (χ1n) is 5.02. The van der Waals surface area contributed by atoms with E-state index in [0.717, 1.165) is 17.1 Å². The van der Waals surface area contributed by atoms with E-state index in [-0.39, 0.29) is 5.89 Å². The SMILES string of the molecule is CCc1csc(-c2noc(C(C)(C)O)n2)n1. The van der Waals surface area contributed by atoms with Gasteiger partial charge in [-0.05, 0) is 20.3 Å². The van der Waals surface area contributed by atoms with Gasteiger partial charge in [0.2, 0.25) is 5.82 Å². The van der Waals surface area contributed by atoms with Crippen molar-refractivity contribution in [3.8, 4) is 10.8 Å². The fourth-order valence-electron chi connectivity index (χ4n) is 1.13. The van der Waals surface area contributed by atoms with Crippen LogP contribution < -0.4 is 0 Å². The largest absolute Gasteiger partial charge is 0.381 e. The van der Waals surface area contributed by atoms with E-state index in [1.54, 1.807) is 13.8 Å². The van der Waals surface area contributed by atoms with Crippen molar-refractivity contribution in [2.75, 3.05) is 0 Å². The van der Waals surface area contributed by atoms with Gasteiger partial charge in [-0.3, -0.25) is 0 Å². The average Bonchev–Trinajstić information content (AvgIpc) is 2.85. The molecule has 2 aromatic heterocycles. The first-order valence-corrected chi connectivity index (χ1v) is 5.90. The molecule has 0 aliphatic heterocycles. The van der Waals surface area contributed by atoms with E-state index in [2.05, 4.69) is 15.1 Å². The average molecular weight is 239 g/mol. The summed E-state index contributed by atoms with van der Waals surface area (Å²) in [6, 6.07) is 0. The second-order valence-corrected chi connectivity index (χ2v) is 4.84. The normalized spacial score (nSPS) is 12.0. The van der Waals surface area contributed by atoms with Crippen molar-refractivity contribution >= 4 is 11.3 Å². The number of aryl methyl sites for hydroxylation is 1. The summed E-state index contributed by atoms with van der Waals surface area (Å²) in [6.45, 7) is 5.24. The fraction of sp³-hybridized carbons (Fsp3) is 0.500. The van der Waals surface area contributed by atoms with Gasteiger partial charge in [-0.2, -0.15) is 4.98 Å². The van der Waals surface area contributed by atoms with Gasteiger partial charge in [-0.15, -0.1) is 11.3 Å². The van der Waals surface area contributed by atoms with Gasteiger partial charge in [0.05, 0.1) is 5.69 Å². The van der Waals surface area contributed by atoms with Crippen molar-refractivity contribution in [2.24, 2.45) is 0 Å². The number of aromatic nitrogens is 3. The molecule has 0 saturated carbocycles. The third-order valence-corrected chi connectivity index (χ3v) is 2.94. The van der Waals surface area contributed by atoms with Gasteiger partial charge in [-0.25, -0.2) is 4.98 Å². The van der Waals surface area contributed by atoms with Crippen LogP contribution in [0.5, 0.6) is 0 Å². The lowest BCUT2D eigenvalue weighted by atomic mass is 10.1. The molecule has 2 rings (SSSR count). The molecule has 0 fully saturated rings. The van der Waals surface area contributed by atoms with Gasteiger partial charge in [0, 0.05) is 5.38 Å². The van der Waals surface area contributed by atoms with E-state index in [9.17, 15) is 5.11 Å². The Morgan fingerprint density at radius 2 is 2.19 bits per heavy atom. The maximum absolute atomic E-state index is 9.69. The molecular weight excluding hydrogens is 226 g/mol. The van der Waals surface area contributed by atoms with Crippen LogP contribution in [0, 0.1) is 0 Å². The zero-order chi connectivity index (χ0) is 11.8. The van der Waals surface area contributed by atoms with Gasteiger partial charge < -0.3 is 9.63 Å². The Balaban J connectivity index is 2.31. The Labute approximate surface area is 97.2 Å². The van der Waals surface area contributed by atoms with E-state index in [1.165, 1.54) is 11.3 Å². The molecule has 0 spiro atoms. The Morgan fingerprint density at radius 1 is 1.44 bits per heavy atom. The molecule has 0 unspecified atom stereocenters. The molecule has 0 aliphatic carbocycles. The highest BCUT2D eigenvalue weighted by atomic mass is 32.1. The van der Waals surface area contributed by atoms with Crippen molar-refractivity contribution in [2.45, 2.75) is 32.8 Å². The Bertz CT molecular complexity index is 484. The molecule has 6 heteroatoms. The Kier molecular flexibility index (Phi) is 2.77. The second-order valence-electron chi connectivity index (χ2n) is 3.98. The van der Waals surface area contributed by atoms with Crippen LogP contribution in [0.3, 0.4) is 0 Å². The summed E-state index contributed by atoms with van der Waals surface area (Å²) in [4.78, 5) is 8.47. The first-order chi connectivity index (χ1) is 7.50. The first kappa shape index (κ1) is 11.2. The highest BCUT2D eigenvalue weighted by molar-refractivity contribution is 7.13. The van der Waals surface area contributed by atoms with Gasteiger partial charge in [-0.1, -0.05) is 12.1 Å². The molecule has 2 heterocycles. The molecule has 0 saturated heterocycles. The van der Waals surface area contributed by atoms with Crippen LogP contribution in [0.25, 0.3) is 10.8 Å². The number of aliphatic hydroxyl groups is 1. The molecule has 0 radical (unpaired) electrons. The Hall–Kier alpha value is -1.27. The minimum absolute atomic E-state index is 0.204. The molecule has 0 aromatic carbocycles. The molecule has 2 aromatic rings. The number of rotatable bonds is 3. The standard InChI is InChI=1S/C10H13N3O2S/c1-4-6-5-16-8(11-6)7-12-9(15-13-7)10(2,3)14/h5,14H,4H2,1-3H3. The highest BCUT2D eigenvalue weighted by Crippen LogP contribution is 2.24. The van der Waals surface area contributed by atoms with Crippen molar-refractivity contribution < 1.29 is 9.63 Å². The molecule has 0 atom stereocenters. The maximum atomic E-state index is 9.69. The number of hydrogen-bond acceptors (Lipinski definition) is 6. The van der Waals surface area contributed by atoms with Crippen LogP contribution in [-0.2, 0) is 12.0 Å². The van der Waals surface area contributed by atoms with Gasteiger partial charge in [0.15, 0.2) is 5.01 Å². The van der Waals surface area contributed by atoms with Crippen LogP contribution in [0.1, 0.15) is 32.4 Å². The third-order valence-electron chi connectivity index (χ3n) is 2.05. The summed E-state index contributed by atoms with van der Waals surface area (Å²) >= 11 is 1.47. The summed E-state index contributed by atoms with van der Waals surface area (Å²) in [5, 5.41) is 16.2. The van der Waals surface area contributed by atoms with Crippen LogP contribution in [-0.4, -0.2) is 20.2 Å². The van der Waals surface area contributed by atoms with Crippen molar-refractivity contribution in [3.63, 3.8) is 0 Å². The second kappa shape index (κ2) is 3.95. The lowest BCUT2D eigenvalue weighted by Gasteiger charge is -2.09. The quantitative estimate of drug-likeness (QED) is 0.886. The zero-order valence-electron chi connectivity index (χ0n) is 9.39. The molecule has 0 aliphatic rings. The van der Waals surface area contributed by atoms with Crippen molar-refractivity contribution in [1.29, 1.82) is 0 Å². The third kappa shape index (κ3) is 2.12. The fourth-order valence-corrected chi connectivity index (χ4v) is 1.96.